The third kappa shape index (κ3) is 4.20. The maximum Gasteiger partial charge on any atom is 0.331 e. The Labute approximate surface area is 76.6 Å². The van der Waals surface area contributed by atoms with Crippen molar-refractivity contribution in [2.24, 2.45) is 0 Å². The minimum absolute atomic E-state index is 0.467. The monoisotopic (exact) mass is 184 g/mol. The van der Waals surface area contributed by atoms with Crippen LogP contribution in [0.15, 0.2) is 12.2 Å². The zero-order valence-corrected chi connectivity index (χ0v) is 7.87. The Balaban J connectivity index is 4.35. The molecule has 0 rings (SSSR count). The van der Waals surface area contributed by atoms with E-state index in [-0.39, 0.29) is 0 Å². The molecule has 13 heavy (non-hydrogen) atoms. The highest BCUT2D eigenvalue weighted by molar-refractivity contribution is 6.05. The normalized spacial score (nSPS) is 10.5. The number of esters is 1. The first-order chi connectivity index (χ1) is 5.99. The van der Waals surface area contributed by atoms with Crippen LogP contribution in [0.1, 0.15) is 20.8 Å². The van der Waals surface area contributed by atoms with Crippen LogP contribution >= 0.6 is 0 Å². The van der Waals surface area contributed by atoms with Crippen LogP contribution in [0.2, 0.25) is 0 Å². The molecule has 0 amide bonds. The highest BCUT2D eigenvalue weighted by atomic mass is 16.5. The lowest BCUT2D eigenvalue weighted by Gasteiger charge is -2.09. The van der Waals surface area contributed by atoms with Gasteiger partial charge in [-0.3, -0.25) is 9.59 Å². The predicted molar refractivity (Wildman–Crippen MR) is 46.1 cm³/mol. The van der Waals surface area contributed by atoms with Gasteiger partial charge in [0.05, 0.1) is 0 Å². The van der Waals surface area contributed by atoms with E-state index in [9.17, 15) is 14.4 Å². The summed E-state index contributed by atoms with van der Waals surface area (Å²) < 4.78 is 4.59. The fraction of sp³-hybridized carbons (Fsp3) is 0.444. The van der Waals surface area contributed by atoms with Crippen LogP contribution in [-0.4, -0.2) is 23.6 Å². The first-order valence-corrected chi connectivity index (χ1v) is 3.83. The van der Waals surface area contributed by atoms with Crippen molar-refractivity contribution in [3.8, 4) is 0 Å². The number of hydrogen-bond acceptors (Lipinski definition) is 4. The van der Waals surface area contributed by atoms with E-state index < -0.39 is 23.6 Å². The van der Waals surface area contributed by atoms with E-state index >= 15 is 0 Å². The number of hydrogen-bond donors (Lipinski definition) is 0. The Bertz CT molecular complexity index is 238. The van der Waals surface area contributed by atoms with E-state index in [1.54, 1.807) is 6.92 Å². The number of carbonyl (C=O) groups excluding carboxylic acids is 3. The molecule has 72 valence electrons. The molecule has 0 aromatic rings. The average molecular weight is 184 g/mol. The Morgan fingerprint density at radius 2 is 1.62 bits per heavy atom. The van der Waals surface area contributed by atoms with Crippen LogP contribution in [-0.2, 0) is 19.1 Å². The van der Waals surface area contributed by atoms with Gasteiger partial charge in [0.25, 0.3) is 0 Å². The molecule has 0 heterocycles. The minimum atomic E-state index is -1.26. The summed E-state index contributed by atoms with van der Waals surface area (Å²) in [5.41, 5.74) is 0. The number of rotatable bonds is 4. The second kappa shape index (κ2) is 5.24. The molecule has 0 fully saturated rings. The second-order valence-electron chi connectivity index (χ2n) is 2.54. The topological polar surface area (TPSA) is 60.4 Å². The van der Waals surface area contributed by atoms with Crippen LogP contribution < -0.4 is 0 Å². The number of Topliss-reactive ketones (excluding diaryl/α,β-unsaturated/α-hetero) is 2. The van der Waals surface area contributed by atoms with Gasteiger partial charge in [-0.1, -0.05) is 6.08 Å². The lowest BCUT2D eigenvalue weighted by molar-refractivity contribution is -0.155. The molecule has 4 heteroatoms. The highest BCUT2D eigenvalue weighted by Crippen LogP contribution is 1.97. The summed E-state index contributed by atoms with van der Waals surface area (Å²) in [6.07, 6.45) is 1.36. The molecule has 0 bridgehead atoms. The Kier molecular flexibility index (Phi) is 4.66. The van der Waals surface area contributed by atoms with E-state index in [0.717, 1.165) is 6.08 Å². The lowest BCUT2D eigenvalue weighted by Crippen LogP contribution is -2.31. The maximum atomic E-state index is 10.8. The fourth-order valence-electron chi connectivity index (χ4n) is 0.744. The van der Waals surface area contributed by atoms with E-state index in [0.29, 0.717) is 0 Å². The molecule has 0 N–H and O–H groups in total. The van der Waals surface area contributed by atoms with Gasteiger partial charge in [0.15, 0.2) is 11.6 Å². The summed E-state index contributed by atoms with van der Waals surface area (Å²) in [5.74, 6) is -1.62. The van der Waals surface area contributed by atoms with Crippen LogP contribution in [0.3, 0.4) is 0 Å². The van der Waals surface area contributed by atoms with Gasteiger partial charge in [-0.2, -0.15) is 0 Å². The van der Waals surface area contributed by atoms with Gasteiger partial charge < -0.3 is 4.74 Å². The molecular weight excluding hydrogens is 172 g/mol. The van der Waals surface area contributed by atoms with Crippen molar-refractivity contribution in [2.75, 3.05) is 0 Å². The minimum Gasteiger partial charge on any atom is -0.443 e. The van der Waals surface area contributed by atoms with Gasteiger partial charge >= 0.3 is 5.97 Å². The molecular formula is C9H12O4. The van der Waals surface area contributed by atoms with Crippen molar-refractivity contribution in [1.29, 1.82) is 0 Å². The lowest BCUT2D eigenvalue weighted by atomic mass is 10.2. The van der Waals surface area contributed by atoms with Crippen molar-refractivity contribution in [2.45, 2.75) is 26.9 Å². The van der Waals surface area contributed by atoms with Crippen LogP contribution in [0.5, 0.6) is 0 Å². The summed E-state index contributed by atoms with van der Waals surface area (Å²) in [5, 5.41) is 0. The summed E-state index contributed by atoms with van der Waals surface area (Å²) in [6, 6.07) is 0. The van der Waals surface area contributed by atoms with Gasteiger partial charge in [0, 0.05) is 6.08 Å². The Morgan fingerprint density at radius 3 is 1.92 bits per heavy atom. The van der Waals surface area contributed by atoms with Gasteiger partial charge in [0.2, 0.25) is 6.10 Å². The molecule has 0 aromatic heterocycles. The van der Waals surface area contributed by atoms with Crippen molar-refractivity contribution < 1.29 is 19.1 Å². The van der Waals surface area contributed by atoms with Crippen LogP contribution in [0, 0.1) is 0 Å². The van der Waals surface area contributed by atoms with E-state index in [4.69, 9.17) is 0 Å². The SMILES string of the molecule is CC=CC(=O)OC(C(C)=O)C(C)=O. The largest absolute Gasteiger partial charge is 0.443 e. The summed E-state index contributed by atoms with van der Waals surface area (Å²) in [7, 11) is 0. The molecule has 0 aliphatic rings. The first-order valence-electron chi connectivity index (χ1n) is 3.83. The number of carbonyl (C=O) groups is 3. The smallest absolute Gasteiger partial charge is 0.331 e. The summed E-state index contributed by atoms with van der Waals surface area (Å²) >= 11 is 0. The fourth-order valence-corrected chi connectivity index (χ4v) is 0.744. The molecule has 0 atom stereocenters. The highest BCUT2D eigenvalue weighted by Gasteiger charge is 2.22. The molecule has 0 saturated heterocycles. The predicted octanol–water partition coefficient (Wildman–Crippen LogP) is 0.652. The van der Waals surface area contributed by atoms with Gasteiger partial charge in [-0.15, -0.1) is 0 Å². The average Bonchev–Trinajstić information content (AvgIpc) is 1.99. The quantitative estimate of drug-likeness (QED) is 0.365. The number of allylic oxidation sites excluding steroid dienone is 1. The number of ether oxygens (including phenoxy) is 1. The Morgan fingerprint density at radius 1 is 1.15 bits per heavy atom. The van der Waals surface area contributed by atoms with Gasteiger partial charge in [-0.05, 0) is 20.8 Å². The van der Waals surface area contributed by atoms with Crippen molar-refractivity contribution >= 4 is 17.5 Å². The van der Waals surface area contributed by atoms with Crippen LogP contribution in [0.25, 0.3) is 0 Å². The second-order valence-corrected chi connectivity index (χ2v) is 2.54. The van der Waals surface area contributed by atoms with E-state index in [1.807, 2.05) is 0 Å². The zero-order valence-electron chi connectivity index (χ0n) is 7.87. The zero-order chi connectivity index (χ0) is 10.4. The summed E-state index contributed by atoms with van der Waals surface area (Å²) in [4.78, 5) is 32.5. The molecule has 0 aliphatic carbocycles. The van der Waals surface area contributed by atoms with Gasteiger partial charge in [0.1, 0.15) is 0 Å². The van der Waals surface area contributed by atoms with E-state index in [1.165, 1.54) is 19.9 Å². The third-order valence-corrected chi connectivity index (χ3v) is 1.28. The molecule has 0 radical (unpaired) electrons. The molecule has 0 spiro atoms. The molecule has 0 saturated carbocycles. The first kappa shape index (κ1) is 11.6. The maximum absolute atomic E-state index is 10.8. The molecule has 0 aromatic carbocycles. The summed E-state index contributed by atoms with van der Waals surface area (Å²) in [6.45, 7) is 4.04. The molecule has 4 nitrogen and oxygen atoms in total. The Hall–Kier alpha value is -1.45. The van der Waals surface area contributed by atoms with Gasteiger partial charge in [-0.25, -0.2) is 4.79 Å². The molecule has 0 aliphatic heterocycles. The van der Waals surface area contributed by atoms with Crippen molar-refractivity contribution in [3.63, 3.8) is 0 Å². The standard InChI is InChI=1S/C9H12O4/c1-4-5-8(12)13-9(6(2)10)7(3)11/h4-5,9H,1-3H3. The van der Waals surface area contributed by atoms with Crippen LogP contribution in [0.4, 0.5) is 0 Å². The van der Waals surface area contributed by atoms with E-state index in [2.05, 4.69) is 4.74 Å². The van der Waals surface area contributed by atoms with Crippen molar-refractivity contribution in [3.05, 3.63) is 12.2 Å². The molecule has 0 unspecified atom stereocenters. The number of ketones is 2. The van der Waals surface area contributed by atoms with Crippen molar-refractivity contribution in [1.82, 2.24) is 0 Å². The third-order valence-electron chi connectivity index (χ3n) is 1.28.